The van der Waals surface area contributed by atoms with Crippen LogP contribution >= 0.6 is 0 Å². The van der Waals surface area contributed by atoms with E-state index in [4.69, 9.17) is 5.11 Å². The highest BCUT2D eigenvalue weighted by atomic mass is 19.1. The lowest BCUT2D eigenvalue weighted by Crippen LogP contribution is -2.55. The second-order valence-corrected chi connectivity index (χ2v) is 6.14. The van der Waals surface area contributed by atoms with Crippen LogP contribution in [0.4, 0.5) is 10.1 Å². The summed E-state index contributed by atoms with van der Waals surface area (Å²) in [5, 5.41) is 9.03. The maximum Gasteiger partial charge on any atom is 0.326 e. The van der Waals surface area contributed by atoms with E-state index < -0.39 is 12.0 Å². The Labute approximate surface area is 141 Å². The molecule has 1 amide bonds. The van der Waals surface area contributed by atoms with Gasteiger partial charge in [-0.15, -0.1) is 0 Å². The molecule has 2 atom stereocenters. The molecule has 1 aromatic carbocycles. The Morgan fingerprint density at radius 3 is 2.17 bits per heavy atom. The molecule has 1 fully saturated rings. The molecule has 1 aliphatic rings. The molecule has 132 valence electrons. The number of nitrogens with zero attached hydrogens (tertiary/aromatic N) is 3. The maximum absolute atomic E-state index is 13.0. The minimum absolute atomic E-state index is 0.194. The number of halogens is 1. The second kappa shape index (κ2) is 7.61. The van der Waals surface area contributed by atoms with E-state index in [9.17, 15) is 14.0 Å². The number of carbonyl (C=O) groups excluding carboxylic acids is 1. The third-order valence-electron chi connectivity index (χ3n) is 4.70. The van der Waals surface area contributed by atoms with Crippen LogP contribution in [0.15, 0.2) is 24.3 Å². The number of hydrogen-bond acceptors (Lipinski definition) is 4. The maximum atomic E-state index is 13.0. The summed E-state index contributed by atoms with van der Waals surface area (Å²) in [5.41, 5.74) is 0.964. The second-order valence-electron chi connectivity index (χ2n) is 6.14. The van der Waals surface area contributed by atoms with Crippen LogP contribution in [0.5, 0.6) is 0 Å². The molecule has 0 spiro atoms. The summed E-state index contributed by atoms with van der Waals surface area (Å²) in [5.74, 6) is -1.47. The number of anilines is 1. The average Bonchev–Trinajstić information content (AvgIpc) is 2.60. The molecule has 1 aliphatic heterocycles. The van der Waals surface area contributed by atoms with E-state index in [0.29, 0.717) is 13.1 Å². The van der Waals surface area contributed by atoms with Crippen LogP contribution in [0.3, 0.4) is 0 Å². The number of amides is 1. The number of piperazine rings is 1. The average molecular weight is 337 g/mol. The van der Waals surface area contributed by atoms with Gasteiger partial charge in [-0.2, -0.15) is 0 Å². The first-order chi connectivity index (χ1) is 11.3. The third kappa shape index (κ3) is 4.03. The van der Waals surface area contributed by atoms with Crippen LogP contribution in [0, 0.1) is 5.82 Å². The van der Waals surface area contributed by atoms with Crippen molar-refractivity contribution in [3.05, 3.63) is 30.1 Å². The van der Waals surface area contributed by atoms with E-state index in [1.807, 2.05) is 4.90 Å². The van der Waals surface area contributed by atoms with Gasteiger partial charge in [0.1, 0.15) is 11.9 Å². The fourth-order valence-corrected chi connectivity index (χ4v) is 2.83. The van der Waals surface area contributed by atoms with Gasteiger partial charge in [-0.1, -0.05) is 0 Å². The lowest BCUT2D eigenvalue weighted by Gasteiger charge is -2.39. The number of rotatable bonds is 5. The zero-order valence-electron chi connectivity index (χ0n) is 14.3. The molecule has 2 rings (SSSR count). The summed E-state index contributed by atoms with van der Waals surface area (Å²) >= 11 is 0. The number of likely N-dealkylation sites (N-methyl/N-ethyl adjacent to an activating group) is 1. The standard InChI is InChI=1S/C17H24FN3O3/c1-12(16(22)19(3)13(2)17(23)24)20-8-10-21(11-9-20)15-6-4-14(18)5-7-15/h4-7,12-13H,8-11H2,1-3H3,(H,23,24)/t12-,13+/m0/s1. The number of hydrogen-bond donors (Lipinski definition) is 1. The molecule has 0 aliphatic carbocycles. The first-order valence-corrected chi connectivity index (χ1v) is 8.05. The quantitative estimate of drug-likeness (QED) is 0.877. The van der Waals surface area contributed by atoms with E-state index in [1.165, 1.54) is 31.0 Å². The van der Waals surface area contributed by atoms with E-state index in [2.05, 4.69) is 4.90 Å². The predicted octanol–water partition coefficient (Wildman–Crippen LogP) is 1.27. The van der Waals surface area contributed by atoms with Crippen molar-refractivity contribution in [3.8, 4) is 0 Å². The molecule has 1 aromatic rings. The molecular weight excluding hydrogens is 313 g/mol. The fraction of sp³-hybridized carbons (Fsp3) is 0.529. The van der Waals surface area contributed by atoms with Crippen molar-refractivity contribution in [1.29, 1.82) is 0 Å². The highest BCUT2D eigenvalue weighted by Gasteiger charge is 2.31. The van der Waals surface area contributed by atoms with E-state index in [-0.39, 0.29) is 17.8 Å². The molecule has 1 heterocycles. The summed E-state index contributed by atoms with van der Waals surface area (Å²) in [6.07, 6.45) is 0. The third-order valence-corrected chi connectivity index (χ3v) is 4.70. The van der Waals surface area contributed by atoms with Crippen molar-refractivity contribution in [2.75, 3.05) is 38.1 Å². The van der Waals surface area contributed by atoms with Crippen LogP contribution in [0.25, 0.3) is 0 Å². The zero-order valence-corrected chi connectivity index (χ0v) is 14.3. The first-order valence-electron chi connectivity index (χ1n) is 8.05. The highest BCUT2D eigenvalue weighted by molar-refractivity contribution is 5.86. The van der Waals surface area contributed by atoms with Crippen molar-refractivity contribution in [2.45, 2.75) is 25.9 Å². The Hall–Kier alpha value is -2.15. The van der Waals surface area contributed by atoms with Gasteiger partial charge in [0.05, 0.1) is 6.04 Å². The van der Waals surface area contributed by atoms with Crippen LogP contribution < -0.4 is 4.90 Å². The molecule has 0 radical (unpaired) electrons. The van der Waals surface area contributed by atoms with Crippen molar-refractivity contribution < 1.29 is 19.1 Å². The van der Waals surface area contributed by atoms with Crippen LogP contribution in [0.1, 0.15) is 13.8 Å². The Kier molecular flexibility index (Phi) is 5.77. The van der Waals surface area contributed by atoms with Gasteiger partial charge in [-0.3, -0.25) is 9.69 Å². The molecule has 6 nitrogen and oxygen atoms in total. The Bertz CT molecular complexity index is 585. The molecule has 0 saturated carbocycles. The van der Waals surface area contributed by atoms with E-state index >= 15 is 0 Å². The van der Waals surface area contributed by atoms with Gasteiger partial charge in [-0.05, 0) is 38.1 Å². The smallest absolute Gasteiger partial charge is 0.326 e. The molecule has 24 heavy (non-hydrogen) atoms. The first kappa shape index (κ1) is 18.2. The van der Waals surface area contributed by atoms with Gasteiger partial charge in [0.2, 0.25) is 5.91 Å². The summed E-state index contributed by atoms with van der Waals surface area (Å²) < 4.78 is 13.0. The fourth-order valence-electron chi connectivity index (χ4n) is 2.83. The van der Waals surface area contributed by atoms with E-state index in [0.717, 1.165) is 18.8 Å². The summed E-state index contributed by atoms with van der Waals surface area (Å²) in [6, 6.07) is 5.17. The van der Waals surface area contributed by atoms with Gasteiger partial charge >= 0.3 is 5.97 Å². The molecule has 0 aromatic heterocycles. The van der Waals surface area contributed by atoms with Crippen molar-refractivity contribution >= 4 is 17.6 Å². The Morgan fingerprint density at radius 1 is 1.12 bits per heavy atom. The molecule has 7 heteroatoms. The SMILES string of the molecule is C[C@H](C(=O)O)N(C)C(=O)[C@H](C)N1CCN(c2ccc(F)cc2)CC1. The predicted molar refractivity (Wildman–Crippen MR) is 89.5 cm³/mol. The van der Waals surface area contributed by atoms with Crippen molar-refractivity contribution in [2.24, 2.45) is 0 Å². The van der Waals surface area contributed by atoms with Gasteiger partial charge in [0.15, 0.2) is 0 Å². The Morgan fingerprint density at radius 2 is 1.67 bits per heavy atom. The number of carboxylic acids is 1. The minimum atomic E-state index is -1.01. The zero-order chi connectivity index (χ0) is 17.9. The lowest BCUT2D eigenvalue weighted by atomic mass is 10.1. The van der Waals surface area contributed by atoms with E-state index in [1.54, 1.807) is 19.1 Å². The van der Waals surface area contributed by atoms with Gasteiger partial charge in [0.25, 0.3) is 0 Å². The molecule has 0 unspecified atom stereocenters. The van der Waals surface area contributed by atoms with Crippen LogP contribution in [-0.2, 0) is 9.59 Å². The van der Waals surface area contributed by atoms with Gasteiger partial charge in [0, 0.05) is 38.9 Å². The van der Waals surface area contributed by atoms with Crippen LogP contribution in [-0.4, -0.2) is 72.1 Å². The molecule has 1 saturated heterocycles. The highest BCUT2D eigenvalue weighted by Crippen LogP contribution is 2.18. The topological polar surface area (TPSA) is 64.1 Å². The molecular formula is C17H24FN3O3. The number of carboxylic acid groups (broad SMARTS) is 1. The minimum Gasteiger partial charge on any atom is -0.480 e. The monoisotopic (exact) mass is 337 g/mol. The van der Waals surface area contributed by atoms with Crippen LogP contribution in [0.2, 0.25) is 0 Å². The van der Waals surface area contributed by atoms with Crippen molar-refractivity contribution in [3.63, 3.8) is 0 Å². The summed E-state index contributed by atoms with van der Waals surface area (Å²) in [6.45, 7) is 6.17. The van der Waals surface area contributed by atoms with Gasteiger partial charge in [-0.25, -0.2) is 9.18 Å². The van der Waals surface area contributed by atoms with Crippen molar-refractivity contribution in [1.82, 2.24) is 9.80 Å². The normalized spacial score (nSPS) is 18.1. The summed E-state index contributed by atoms with van der Waals surface area (Å²) in [7, 11) is 1.52. The van der Waals surface area contributed by atoms with Gasteiger partial charge < -0.3 is 14.9 Å². The molecule has 1 N–H and O–H groups in total. The lowest BCUT2D eigenvalue weighted by molar-refractivity contribution is -0.150. The largest absolute Gasteiger partial charge is 0.480 e. The summed E-state index contributed by atoms with van der Waals surface area (Å²) in [4.78, 5) is 28.9. The number of benzene rings is 1. The number of carbonyl (C=O) groups is 2. The Balaban J connectivity index is 1.92. The molecule has 0 bridgehead atoms. The number of aliphatic carboxylic acids is 1.